The summed E-state index contributed by atoms with van der Waals surface area (Å²) >= 11 is 0. The number of likely N-dealkylation sites (tertiary alicyclic amines) is 1. The van der Waals surface area contributed by atoms with E-state index in [1.165, 1.54) is 11.8 Å². The van der Waals surface area contributed by atoms with Gasteiger partial charge in [0.1, 0.15) is 5.82 Å². The van der Waals surface area contributed by atoms with Crippen molar-refractivity contribution in [3.05, 3.63) is 47.7 Å². The number of aromatic nitrogens is 1. The molecule has 3 rings (SSSR count). The van der Waals surface area contributed by atoms with E-state index in [0.717, 1.165) is 31.6 Å². The summed E-state index contributed by atoms with van der Waals surface area (Å²) in [4.78, 5) is 30.1. The summed E-state index contributed by atoms with van der Waals surface area (Å²) in [6.07, 6.45) is 4.08. The molecule has 0 saturated carbocycles. The highest BCUT2D eigenvalue weighted by Crippen LogP contribution is 2.30. The van der Waals surface area contributed by atoms with Gasteiger partial charge in [-0.1, -0.05) is 39.8 Å². The minimum absolute atomic E-state index is 0.0155. The number of rotatable bonds is 7. The van der Waals surface area contributed by atoms with Gasteiger partial charge in [-0.2, -0.15) is 0 Å². The van der Waals surface area contributed by atoms with Gasteiger partial charge in [-0.05, 0) is 48.8 Å². The molecule has 1 unspecified atom stereocenters. The minimum Gasteiger partial charge on any atom is -0.381 e. The second kappa shape index (κ2) is 10.2. The average molecular weight is 452 g/mol. The maximum atomic E-state index is 11.9. The third-order valence-electron chi connectivity index (χ3n) is 6.65. The molecule has 1 aliphatic heterocycles. The number of carbonyl (C=O) groups excluding carboxylic acids is 2. The van der Waals surface area contributed by atoms with E-state index in [0.29, 0.717) is 29.4 Å². The summed E-state index contributed by atoms with van der Waals surface area (Å²) in [6, 6.07) is 10.3. The summed E-state index contributed by atoms with van der Waals surface area (Å²) < 4.78 is 0. The van der Waals surface area contributed by atoms with Gasteiger partial charge in [0.2, 0.25) is 5.91 Å². The molecule has 0 radical (unpaired) electrons. The molecule has 33 heavy (non-hydrogen) atoms. The van der Waals surface area contributed by atoms with E-state index in [1.54, 1.807) is 0 Å². The number of hydrogen-bond donors (Lipinski definition) is 3. The minimum atomic E-state index is -0.506. The molecule has 1 aliphatic rings. The number of nitrogens with two attached hydrogens (primary N) is 1. The Morgan fingerprint density at radius 3 is 2.36 bits per heavy atom. The number of pyridine rings is 1. The molecule has 7 heteroatoms. The molecular weight excluding hydrogens is 414 g/mol. The standard InChI is InChI=1S/C26H37N5O2/c1-6-24(32)31-13-11-19(12-14-31)18-7-9-20(10-8-18)30-23-15-22(21(16-28-23)25(27)33)29-17(2)26(3,4)5/h7-10,15-17,19H,6,11-14H2,1-5H3,(H2,27,33)(H2,28,29,30). The fourth-order valence-electron chi connectivity index (χ4n) is 3.96. The fourth-order valence-corrected chi connectivity index (χ4v) is 3.96. The average Bonchev–Trinajstić information content (AvgIpc) is 2.78. The van der Waals surface area contributed by atoms with Crippen molar-refractivity contribution < 1.29 is 9.59 Å². The van der Waals surface area contributed by atoms with Crippen molar-refractivity contribution in [3.8, 4) is 0 Å². The Bertz CT molecular complexity index is 973. The first-order valence-corrected chi connectivity index (χ1v) is 11.8. The van der Waals surface area contributed by atoms with E-state index in [-0.39, 0.29) is 17.4 Å². The SMILES string of the molecule is CCC(=O)N1CCC(c2ccc(Nc3cc(NC(C)C(C)(C)C)c(C(N)=O)cn3)cc2)CC1. The maximum Gasteiger partial charge on any atom is 0.252 e. The molecule has 7 nitrogen and oxygen atoms in total. The van der Waals surface area contributed by atoms with Crippen molar-refractivity contribution in [3.63, 3.8) is 0 Å². The van der Waals surface area contributed by atoms with Gasteiger partial charge in [-0.15, -0.1) is 0 Å². The number of nitrogens with zero attached hydrogens (tertiary/aromatic N) is 2. The normalized spacial score (nSPS) is 15.7. The third kappa shape index (κ3) is 6.24. The lowest BCUT2D eigenvalue weighted by Gasteiger charge is -2.32. The molecule has 1 fully saturated rings. The predicted octanol–water partition coefficient (Wildman–Crippen LogP) is 4.89. The van der Waals surface area contributed by atoms with Crippen molar-refractivity contribution in [1.82, 2.24) is 9.88 Å². The van der Waals surface area contributed by atoms with Crippen LogP contribution in [0.2, 0.25) is 0 Å². The van der Waals surface area contributed by atoms with E-state index in [9.17, 15) is 9.59 Å². The number of primary amides is 1. The molecule has 4 N–H and O–H groups in total. The van der Waals surface area contributed by atoms with E-state index in [2.05, 4.69) is 55.4 Å². The van der Waals surface area contributed by atoms with Gasteiger partial charge in [0.25, 0.3) is 5.91 Å². The van der Waals surface area contributed by atoms with Gasteiger partial charge in [0.05, 0.1) is 11.3 Å². The zero-order valence-corrected chi connectivity index (χ0v) is 20.4. The van der Waals surface area contributed by atoms with Crippen LogP contribution in [0.1, 0.15) is 75.7 Å². The number of anilines is 3. The van der Waals surface area contributed by atoms with Crippen molar-refractivity contribution in [2.45, 2.75) is 65.8 Å². The molecule has 1 aromatic carbocycles. The predicted molar refractivity (Wildman–Crippen MR) is 134 cm³/mol. The molecule has 0 bridgehead atoms. The van der Waals surface area contributed by atoms with E-state index >= 15 is 0 Å². The molecule has 0 spiro atoms. The lowest BCUT2D eigenvalue weighted by molar-refractivity contribution is -0.131. The molecule has 2 amide bonds. The topological polar surface area (TPSA) is 100 Å². The molecule has 1 aromatic heterocycles. The van der Waals surface area contributed by atoms with Crippen LogP contribution in [0.4, 0.5) is 17.2 Å². The van der Waals surface area contributed by atoms with Crippen molar-refractivity contribution in [1.29, 1.82) is 0 Å². The molecule has 2 aromatic rings. The first-order chi connectivity index (χ1) is 15.6. The molecular formula is C26H37N5O2. The summed E-state index contributed by atoms with van der Waals surface area (Å²) in [7, 11) is 0. The highest BCUT2D eigenvalue weighted by Gasteiger charge is 2.23. The molecule has 0 aliphatic carbocycles. The largest absolute Gasteiger partial charge is 0.381 e. The second-order valence-corrected chi connectivity index (χ2v) is 9.97. The number of piperidine rings is 1. The monoisotopic (exact) mass is 451 g/mol. The third-order valence-corrected chi connectivity index (χ3v) is 6.65. The quantitative estimate of drug-likeness (QED) is 0.557. The molecule has 178 valence electrons. The lowest BCUT2D eigenvalue weighted by Crippen LogP contribution is -2.37. The number of carbonyl (C=O) groups is 2. The van der Waals surface area contributed by atoms with Crippen LogP contribution in [0.3, 0.4) is 0 Å². The van der Waals surface area contributed by atoms with Gasteiger partial charge in [0.15, 0.2) is 0 Å². The van der Waals surface area contributed by atoms with Crippen LogP contribution in [0.15, 0.2) is 36.5 Å². The van der Waals surface area contributed by atoms with Crippen LogP contribution in [-0.4, -0.2) is 40.8 Å². The Morgan fingerprint density at radius 1 is 1.18 bits per heavy atom. The van der Waals surface area contributed by atoms with Crippen molar-refractivity contribution in [2.24, 2.45) is 11.1 Å². The van der Waals surface area contributed by atoms with Crippen molar-refractivity contribution in [2.75, 3.05) is 23.7 Å². The van der Waals surface area contributed by atoms with Crippen LogP contribution in [-0.2, 0) is 4.79 Å². The first kappa shape index (κ1) is 24.6. The fraction of sp³-hybridized carbons (Fsp3) is 0.500. The van der Waals surface area contributed by atoms with Gasteiger partial charge in [0, 0.05) is 43.5 Å². The molecule has 1 atom stereocenters. The van der Waals surface area contributed by atoms with Gasteiger partial charge in [-0.3, -0.25) is 9.59 Å². The summed E-state index contributed by atoms with van der Waals surface area (Å²) in [5, 5.41) is 6.74. The van der Waals surface area contributed by atoms with Crippen LogP contribution >= 0.6 is 0 Å². The Hall–Kier alpha value is -3.09. The maximum absolute atomic E-state index is 11.9. The lowest BCUT2D eigenvalue weighted by atomic mass is 9.88. The number of benzene rings is 1. The summed E-state index contributed by atoms with van der Waals surface area (Å²) in [5.74, 6) is 0.854. The van der Waals surface area contributed by atoms with Crippen molar-refractivity contribution >= 4 is 29.0 Å². The number of nitrogens with one attached hydrogen (secondary N) is 2. The summed E-state index contributed by atoms with van der Waals surface area (Å²) in [5.41, 5.74) is 8.84. The molecule has 2 heterocycles. The van der Waals surface area contributed by atoms with Crippen LogP contribution in [0.25, 0.3) is 0 Å². The highest BCUT2D eigenvalue weighted by molar-refractivity contribution is 5.98. The zero-order chi connectivity index (χ0) is 24.2. The van der Waals surface area contributed by atoms with Crippen LogP contribution in [0.5, 0.6) is 0 Å². The van der Waals surface area contributed by atoms with Crippen LogP contribution < -0.4 is 16.4 Å². The van der Waals surface area contributed by atoms with Gasteiger partial charge in [-0.25, -0.2) is 4.98 Å². The Kier molecular flexibility index (Phi) is 7.61. The van der Waals surface area contributed by atoms with Gasteiger partial charge < -0.3 is 21.3 Å². The Labute approximate surface area is 197 Å². The molecule has 1 saturated heterocycles. The first-order valence-electron chi connectivity index (χ1n) is 11.8. The van der Waals surface area contributed by atoms with Crippen LogP contribution in [0, 0.1) is 5.41 Å². The number of hydrogen-bond acceptors (Lipinski definition) is 5. The van der Waals surface area contributed by atoms with E-state index in [4.69, 9.17) is 5.73 Å². The highest BCUT2D eigenvalue weighted by atomic mass is 16.2. The smallest absolute Gasteiger partial charge is 0.252 e. The second-order valence-electron chi connectivity index (χ2n) is 9.97. The van der Waals surface area contributed by atoms with E-state index in [1.807, 2.05) is 30.0 Å². The summed E-state index contributed by atoms with van der Waals surface area (Å²) in [6.45, 7) is 12.1. The van der Waals surface area contributed by atoms with Gasteiger partial charge >= 0.3 is 0 Å². The van der Waals surface area contributed by atoms with E-state index < -0.39 is 5.91 Å². The Balaban J connectivity index is 1.69. The number of amides is 2. The Morgan fingerprint density at radius 2 is 1.82 bits per heavy atom. The zero-order valence-electron chi connectivity index (χ0n) is 20.4.